The molecule has 1 aromatic rings. The molecule has 5 heteroatoms. The summed E-state index contributed by atoms with van der Waals surface area (Å²) in [5.74, 6) is 3.51. The van der Waals surface area contributed by atoms with Crippen LogP contribution in [0.3, 0.4) is 0 Å². The van der Waals surface area contributed by atoms with Crippen LogP contribution >= 0.6 is 0 Å². The molecule has 1 aliphatic heterocycles. The largest absolute Gasteiger partial charge is 0.370 e. The van der Waals surface area contributed by atoms with E-state index in [2.05, 4.69) is 39.5 Å². The third-order valence-corrected chi connectivity index (χ3v) is 3.72. The molecule has 2 heterocycles. The van der Waals surface area contributed by atoms with Crippen molar-refractivity contribution in [2.75, 3.05) is 43.4 Å². The summed E-state index contributed by atoms with van der Waals surface area (Å²) in [6, 6.07) is 2.04. The molecule has 1 aromatic heterocycles. The monoisotopic (exact) mass is 263 g/mol. The Balaban J connectivity index is 1.97. The van der Waals surface area contributed by atoms with Crippen molar-refractivity contribution >= 4 is 11.6 Å². The van der Waals surface area contributed by atoms with Gasteiger partial charge in [-0.15, -0.1) is 0 Å². The molecule has 0 unspecified atom stereocenters. The Morgan fingerprint density at radius 3 is 2.79 bits per heavy atom. The fourth-order valence-electron chi connectivity index (χ4n) is 2.33. The molecule has 5 nitrogen and oxygen atoms in total. The van der Waals surface area contributed by atoms with Crippen LogP contribution in [-0.2, 0) is 0 Å². The third-order valence-electron chi connectivity index (χ3n) is 3.72. The second kappa shape index (κ2) is 6.70. The van der Waals surface area contributed by atoms with Crippen molar-refractivity contribution in [1.82, 2.24) is 15.3 Å². The van der Waals surface area contributed by atoms with Gasteiger partial charge in [0, 0.05) is 26.2 Å². The second-order valence-electron chi connectivity index (χ2n) is 5.25. The van der Waals surface area contributed by atoms with Gasteiger partial charge in [0.15, 0.2) is 0 Å². The molecule has 1 saturated heterocycles. The van der Waals surface area contributed by atoms with Gasteiger partial charge in [0.25, 0.3) is 0 Å². The number of aromatic nitrogens is 2. The number of hydrogen-bond acceptors (Lipinski definition) is 5. The predicted molar refractivity (Wildman–Crippen MR) is 79.8 cm³/mol. The Morgan fingerprint density at radius 2 is 2.11 bits per heavy atom. The van der Waals surface area contributed by atoms with Crippen LogP contribution in [0.15, 0.2) is 6.07 Å². The molecule has 0 saturated carbocycles. The lowest BCUT2D eigenvalue weighted by atomic mass is 9.98. The average Bonchev–Trinajstić information content (AvgIpc) is 2.45. The van der Waals surface area contributed by atoms with Gasteiger partial charge in [0.2, 0.25) is 0 Å². The molecule has 0 radical (unpaired) electrons. The second-order valence-corrected chi connectivity index (χ2v) is 5.25. The van der Waals surface area contributed by atoms with Crippen LogP contribution in [-0.4, -0.2) is 43.2 Å². The first kappa shape index (κ1) is 14.1. The lowest BCUT2D eigenvalue weighted by molar-refractivity contribution is 0.389. The van der Waals surface area contributed by atoms with E-state index in [1.165, 1.54) is 12.8 Å². The van der Waals surface area contributed by atoms with Crippen molar-refractivity contribution < 1.29 is 0 Å². The minimum absolute atomic E-state index is 0.754. The molecule has 0 amide bonds. The van der Waals surface area contributed by atoms with E-state index in [4.69, 9.17) is 0 Å². The summed E-state index contributed by atoms with van der Waals surface area (Å²) < 4.78 is 0. The maximum atomic E-state index is 4.47. The van der Waals surface area contributed by atoms with Gasteiger partial charge >= 0.3 is 0 Å². The molecule has 2 rings (SSSR count). The summed E-state index contributed by atoms with van der Waals surface area (Å²) in [6.07, 6.45) is 2.50. The van der Waals surface area contributed by atoms with Gasteiger partial charge < -0.3 is 15.5 Å². The normalized spacial score (nSPS) is 16.4. The molecule has 106 valence electrons. The fourth-order valence-corrected chi connectivity index (χ4v) is 2.33. The number of anilines is 2. The molecule has 0 aliphatic carbocycles. The summed E-state index contributed by atoms with van der Waals surface area (Å²) in [7, 11) is 2.05. The highest BCUT2D eigenvalue weighted by Gasteiger charge is 2.13. The molecular weight excluding hydrogens is 238 g/mol. The van der Waals surface area contributed by atoms with Gasteiger partial charge in [0.1, 0.15) is 17.5 Å². The average molecular weight is 263 g/mol. The van der Waals surface area contributed by atoms with E-state index in [1.807, 2.05) is 13.0 Å². The standard InChI is InChI=1S/C14H25N5/c1-4-19(3)14-9-13(17-11(2)18-14)16-10-12-5-7-15-8-6-12/h9,12,15H,4-8,10H2,1-3H3,(H,16,17,18). The van der Waals surface area contributed by atoms with Gasteiger partial charge in [-0.2, -0.15) is 0 Å². The number of nitrogens with one attached hydrogen (secondary N) is 2. The lowest BCUT2D eigenvalue weighted by Gasteiger charge is -2.23. The predicted octanol–water partition coefficient (Wildman–Crippen LogP) is 1.65. The van der Waals surface area contributed by atoms with Crippen LogP contribution in [0.25, 0.3) is 0 Å². The van der Waals surface area contributed by atoms with Gasteiger partial charge in [-0.25, -0.2) is 9.97 Å². The van der Waals surface area contributed by atoms with E-state index in [9.17, 15) is 0 Å². The van der Waals surface area contributed by atoms with E-state index >= 15 is 0 Å². The van der Waals surface area contributed by atoms with E-state index < -0.39 is 0 Å². The van der Waals surface area contributed by atoms with Gasteiger partial charge in [0.05, 0.1) is 0 Å². The number of piperidine rings is 1. The Labute approximate surface area is 115 Å². The minimum atomic E-state index is 0.754. The summed E-state index contributed by atoms with van der Waals surface area (Å²) in [4.78, 5) is 11.1. The van der Waals surface area contributed by atoms with Crippen LogP contribution in [0.4, 0.5) is 11.6 Å². The Morgan fingerprint density at radius 1 is 1.37 bits per heavy atom. The number of hydrogen-bond donors (Lipinski definition) is 2. The quantitative estimate of drug-likeness (QED) is 0.846. The molecule has 0 bridgehead atoms. The van der Waals surface area contributed by atoms with Crippen LogP contribution in [0.1, 0.15) is 25.6 Å². The molecular formula is C14H25N5. The maximum Gasteiger partial charge on any atom is 0.134 e. The maximum absolute atomic E-state index is 4.47. The van der Waals surface area contributed by atoms with E-state index in [0.717, 1.165) is 49.6 Å². The Hall–Kier alpha value is -1.36. The molecule has 0 aromatic carbocycles. The van der Waals surface area contributed by atoms with Gasteiger partial charge in [-0.05, 0) is 45.7 Å². The molecule has 0 spiro atoms. The van der Waals surface area contributed by atoms with Crippen molar-refractivity contribution in [1.29, 1.82) is 0 Å². The van der Waals surface area contributed by atoms with Crippen molar-refractivity contribution in [3.05, 3.63) is 11.9 Å². The SMILES string of the molecule is CCN(C)c1cc(NCC2CCNCC2)nc(C)n1. The van der Waals surface area contributed by atoms with Gasteiger partial charge in [-0.1, -0.05) is 0 Å². The van der Waals surface area contributed by atoms with Crippen LogP contribution in [0.5, 0.6) is 0 Å². The van der Waals surface area contributed by atoms with E-state index in [0.29, 0.717) is 0 Å². The third kappa shape index (κ3) is 4.06. The highest BCUT2D eigenvalue weighted by atomic mass is 15.2. The van der Waals surface area contributed by atoms with Crippen molar-refractivity contribution in [2.24, 2.45) is 5.92 Å². The lowest BCUT2D eigenvalue weighted by Crippen LogP contribution is -2.31. The zero-order chi connectivity index (χ0) is 13.7. The molecule has 2 N–H and O–H groups in total. The first-order valence-corrected chi connectivity index (χ1v) is 7.20. The summed E-state index contributed by atoms with van der Waals surface area (Å²) in [5.41, 5.74) is 0. The van der Waals surface area contributed by atoms with Crippen molar-refractivity contribution in [2.45, 2.75) is 26.7 Å². The highest BCUT2D eigenvalue weighted by Crippen LogP contribution is 2.17. The summed E-state index contributed by atoms with van der Waals surface area (Å²) >= 11 is 0. The van der Waals surface area contributed by atoms with E-state index in [1.54, 1.807) is 0 Å². The highest BCUT2D eigenvalue weighted by molar-refractivity contribution is 5.48. The number of rotatable bonds is 5. The van der Waals surface area contributed by atoms with Crippen molar-refractivity contribution in [3.8, 4) is 0 Å². The molecule has 1 fully saturated rings. The molecule has 1 aliphatic rings. The van der Waals surface area contributed by atoms with Gasteiger partial charge in [-0.3, -0.25) is 0 Å². The minimum Gasteiger partial charge on any atom is -0.370 e. The van der Waals surface area contributed by atoms with Crippen LogP contribution in [0.2, 0.25) is 0 Å². The van der Waals surface area contributed by atoms with Crippen LogP contribution in [0, 0.1) is 12.8 Å². The first-order chi connectivity index (χ1) is 9.19. The Bertz CT molecular complexity index is 401. The first-order valence-electron chi connectivity index (χ1n) is 7.20. The Kier molecular flexibility index (Phi) is 4.96. The number of nitrogens with zero attached hydrogens (tertiary/aromatic N) is 3. The summed E-state index contributed by atoms with van der Waals surface area (Å²) in [6.45, 7) is 8.30. The summed E-state index contributed by atoms with van der Waals surface area (Å²) in [5, 5.41) is 6.86. The van der Waals surface area contributed by atoms with Crippen molar-refractivity contribution in [3.63, 3.8) is 0 Å². The zero-order valence-electron chi connectivity index (χ0n) is 12.2. The fraction of sp³-hybridized carbons (Fsp3) is 0.714. The zero-order valence-corrected chi connectivity index (χ0v) is 12.2. The number of aryl methyl sites for hydroxylation is 1. The van der Waals surface area contributed by atoms with E-state index in [-0.39, 0.29) is 0 Å². The molecule has 0 atom stereocenters. The molecule has 19 heavy (non-hydrogen) atoms. The van der Waals surface area contributed by atoms with Crippen LogP contribution < -0.4 is 15.5 Å². The topological polar surface area (TPSA) is 53.1 Å². The smallest absolute Gasteiger partial charge is 0.134 e.